The fourth-order valence-corrected chi connectivity index (χ4v) is 2.32. The van der Waals surface area contributed by atoms with Gasteiger partial charge in [0.05, 0.1) is 19.1 Å². The largest absolute Gasteiger partial charge is 0.508 e. The van der Waals surface area contributed by atoms with Gasteiger partial charge in [0.2, 0.25) is 0 Å². The number of fused-ring (bicyclic) bond motifs is 1. The Labute approximate surface area is 116 Å². The molecule has 1 heterocycles. The molecule has 1 atom stereocenters. The zero-order chi connectivity index (χ0) is 14.1. The van der Waals surface area contributed by atoms with Crippen LogP contribution in [0.4, 0.5) is 0 Å². The van der Waals surface area contributed by atoms with Gasteiger partial charge in [-0.05, 0) is 29.8 Å². The van der Waals surface area contributed by atoms with Crippen LogP contribution in [0.25, 0.3) is 0 Å². The average molecular weight is 270 g/mol. The van der Waals surface area contributed by atoms with Crippen molar-refractivity contribution in [3.63, 3.8) is 0 Å². The van der Waals surface area contributed by atoms with Gasteiger partial charge in [0.25, 0.3) is 0 Å². The second kappa shape index (κ2) is 4.89. The summed E-state index contributed by atoms with van der Waals surface area (Å²) in [6.07, 6.45) is -0.0351. The standard InChI is InChI=1S/C16H14O4/c1-19-12-5-2-10(3-6-12)15-9-14(18)13-7-4-11(17)8-16(13)20-15/h2-8,15,17H,9H2,1H3/t15-/m1/s1. The number of aromatic hydroxyl groups is 1. The van der Waals surface area contributed by atoms with Gasteiger partial charge >= 0.3 is 0 Å². The molecule has 1 aliphatic rings. The molecule has 3 rings (SSSR count). The molecular weight excluding hydrogens is 256 g/mol. The molecule has 0 aliphatic carbocycles. The van der Waals surface area contributed by atoms with Crippen LogP contribution in [0.1, 0.15) is 28.4 Å². The van der Waals surface area contributed by atoms with Gasteiger partial charge in [0.1, 0.15) is 23.4 Å². The van der Waals surface area contributed by atoms with E-state index < -0.39 is 0 Å². The predicted molar refractivity (Wildman–Crippen MR) is 73.4 cm³/mol. The number of hydrogen-bond donors (Lipinski definition) is 1. The van der Waals surface area contributed by atoms with Crippen molar-refractivity contribution in [2.24, 2.45) is 0 Å². The summed E-state index contributed by atoms with van der Waals surface area (Å²) in [5, 5.41) is 9.49. The van der Waals surface area contributed by atoms with Gasteiger partial charge in [-0.2, -0.15) is 0 Å². The van der Waals surface area contributed by atoms with E-state index in [1.807, 2.05) is 24.3 Å². The molecule has 2 aromatic carbocycles. The molecule has 20 heavy (non-hydrogen) atoms. The molecule has 2 aromatic rings. The Bertz CT molecular complexity index is 646. The Morgan fingerprint density at radius 3 is 2.65 bits per heavy atom. The molecule has 4 nitrogen and oxygen atoms in total. The molecule has 0 unspecified atom stereocenters. The molecule has 0 bridgehead atoms. The minimum Gasteiger partial charge on any atom is -0.508 e. The number of phenolic OH excluding ortho intramolecular Hbond substituents is 1. The van der Waals surface area contributed by atoms with E-state index in [4.69, 9.17) is 9.47 Å². The molecule has 0 saturated heterocycles. The van der Waals surface area contributed by atoms with E-state index in [9.17, 15) is 9.90 Å². The first-order valence-corrected chi connectivity index (χ1v) is 6.34. The monoisotopic (exact) mass is 270 g/mol. The lowest BCUT2D eigenvalue weighted by Crippen LogP contribution is -2.20. The quantitative estimate of drug-likeness (QED) is 0.911. The lowest BCUT2D eigenvalue weighted by atomic mass is 9.96. The zero-order valence-electron chi connectivity index (χ0n) is 11.0. The predicted octanol–water partition coefficient (Wildman–Crippen LogP) is 3.11. The van der Waals surface area contributed by atoms with Crippen LogP contribution in [-0.2, 0) is 0 Å². The second-order valence-corrected chi connectivity index (χ2v) is 4.69. The van der Waals surface area contributed by atoms with Crippen molar-refractivity contribution in [2.75, 3.05) is 7.11 Å². The molecule has 0 aromatic heterocycles. The number of ketones is 1. The highest BCUT2D eigenvalue weighted by atomic mass is 16.5. The van der Waals surface area contributed by atoms with Crippen molar-refractivity contribution in [2.45, 2.75) is 12.5 Å². The molecular formula is C16H14O4. The van der Waals surface area contributed by atoms with Crippen LogP contribution < -0.4 is 9.47 Å². The molecule has 4 heteroatoms. The number of Topliss-reactive ketones (excluding diaryl/α,β-unsaturated/α-hetero) is 1. The van der Waals surface area contributed by atoms with Crippen LogP contribution in [0, 0.1) is 0 Å². The minimum absolute atomic E-state index is 0.0204. The summed E-state index contributed by atoms with van der Waals surface area (Å²) in [6.45, 7) is 0. The maximum Gasteiger partial charge on any atom is 0.170 e. The Hall–Kier alpha value is -2.49. The van der Waals surface area contributed by atoms with E-state index in [1.165, 1.54) is 12.1 Å². The number of ether oxygens (including phenoxy) is 2. The highest BCUT2D eigenvalue weighted by molar-refractivity contribution is 6.00. The summed E-state index contributed by atoms with van der Waals surface area (Å²) in [7, 11) is 1.61. The third kappa shape index (κ3) is 2.20. The minimum atomic E-state index is -0.331. The van der Waals surface area contributed by atoms with Gasteiger partial charge in [0, 0.05) is 6.07 Å². The molecule has 0 spiro atoms. The summed E-state index contributed by atoms with van der Waals surface area (Å²) in [4.78, 5) is 12.1. The van der Waals surface area contributed by atoms with Crippen LogP contribution >= 0.6 is 0 Å². The van der Waals surface area contributed by atoms with Crippen molar-refractivity contribution in [3.8, 4) is 17.2 Å². The Kier molecular flexibility index (Phi) is 3.06. The Morgan fingerprint density at radius 2 is 1.95 bits per heavy atom. The number of carbonyl (C=O) groups is 1. The van der Waals surface area contributed by atoms with Crippen LogP contribution in [0.15, 0.2) is 42.5 Å². The normalized spacial score (nSPS) is 17.2. The van der Waals surface area contributed by atoms with Gasteiger partial charge in [-0.1, -0.05) is 12.1 Å². The number of methoxy groups -OCH3 is 1. The van der Waals surface area contributed by atoms with Crippen molar-refractivity contribution < 1.29 is 19.4 Å². The summed E-state index contributed by atoms with van der Waals surface area (Å²) in [6, 6.07) is 12.0. The first-order chi connectivity index (χ1) is 9.67. The highest BCUT2D eigenvalue weighted by Crippen LogP contribution is 2.36. The number of phenols is 1. The fourth-order valence-electron chi connectivity index (χ4n) is 2.32. The van der Waals surface area contributed by atoms with Crippen molar-refractivity contribution in [1.82, 2.24) is 0 Å². The van der Waals surface area contributed by atoms with Gasteiger partial charge < -0.3 is 14.6 Å². The van der Waals surface area contributed by atoms with E-state index in [-0.39, 0.29) is 17.6 Å². The third-order valence-electron chi connectivity index (χ3n) is 3.39. The molecule has 102 valence electrons. The maximum atomic E-state index is 12.1. The second-order valence-electron chi connectivity index (χ2n) is 4.69. The third-order valence-corrected chi connectivity index (χ3v) is 3.39. The smallest absolute Gasteiger partial charge is 0.170 e. The molecule has 1 N–H and O–H groups in total. The first-order valence-electron chi connectivity index (χ1n) is 6.34. The van der Waals surface area contributed by atoms with Gasteiger partial charge in [-0.15, -0.1) is 0 Å². The van der Waals surface area contributed by atoms with Crippen molar-refractivity contribution in [1.29, 1.82) is 0 Å². The lowest BCUT2D eigenvalue weighted by Gasteiger charge is -2.25. The van der Waals surface area contributed by atoms with E-state index in [0.29, 0.717) is 17.7 Å². The van der Waals surface area contributed by atoms with Crippen LogP contribution in [-0.4, -0.2) is 18.0 Å². The molecule has 0 saturated carbocycles. The van der Waals surface area contributed by atoms with Crippen molar-refractivity contribution in [3.05, 3.63) is 53.6 Å². The summed E-state index contributed by atoms with van der Waals surface area (Å²) in [5.41, 5.74) is 1.43. The zero-order valence-corrected chi connectivity index (χ0v) is 11.0. The number of carbonyl (C=O) groups excluding carboxylic acids is 1. The molecule has 0 amide bonds. The average Bonchev–Trinajstić information content (AvgIpc) is 2.46. The molecule has 0 fully saturated rings. The van der Waals surface area contributed by atoms with E-state index in [0.717, 1.165) is 11.3 Å². The van der Waals surface area contributed by atoms with Gasteiger partial charge in [-0.25, -0.2) is 0 Å². The van der Waals surface area contributed by atoms with Crippen LogP contribution in [0.5, 0.6) is 17.2 Å². The number of hydrogen-bond acceptors (Lipinski definition) is 4. The Balaban J connectivity index is 1.91. The van der Waals surface area contributed by atoms with E-state index in [2.05, 4.69) is 0 Å². The summed E-state index contributed by atoms with van der Waals surface area (Å²) in [5.74, 6) is 1.30. The van der Waals surface area contributed by atoms with Gasteiger partial charge in [-0.3, -0.25) is 4.79 Å². The van der Waals surface area contributed by atoms with E-state index in [1.54, 1.807) is 13.2 Å². The fraction of sp³-hybridized carbons (Fsp3) is 0.188. The molecule has 0 radical (unpaired) electrons. The first kappa shape index (κ1) is 12.5. The van der Waals surface area contributed by atoms with Gasteiger partial charge in [0.15, 0.2) is 5.78 Å². The Morgan fingerprint density at radius 1 is 1.20 bits per heavy atom. The molecule has 1 aliphatic heterocycles. The highest BCUT2D eigenvalue weighted by Gasteiger charge is 2.27. The summed E-state index contributed by atoms with van der Waals surface area (Å²) >= 11 is 0. The maximum absolute atomic E-state index is 12.1. The topological polar surface area (TPSA) is 55.8 Å². The number of rotatable bonds is 2. The lowest BCUT2D eigenvalue weighted by molar-refractivity contribution is 0.0849. The van der Waals surface area contributed by atoms with Crippen molar-refractivity contribution >= 4 is 5.78 Å². The van der Waals surface area contributed by atoms with E-state index >= 15 is 0 Å². The van der Waals surface area contributed by atoms with Crippen LogP contribution in [0.3, 0.4) is 0 Å². The number of benzene rings is 2. The SMILES string of the molecule is COc1ccc([C@H]2CC(=O)c3ccc(O)cc3O2)cc1. The van der Waals surface area contributed by atoms with Crippen LogP contribution in [0.2, 0.25) is 0 Å². The summed E-state index contributed by atoms with van der Waals surface area (Å²) < 4.78 is 10.9.